The van der Waals surface area contributed by atoms with Crippen LogP contribution >= 0.6 is 0 Å². The standard InChI is InChI=1S/C13H21N3O2S/c1-19(17,18)16-13-5-3-2-4-11(13)10-15-12-6-8-14-9-7-12/h2-5,12,14-16H,6-10H2,1H3. The van der Waals surface area contributed by atoms with E-state index in [9.17, 15) is 8.42 Å². The Morgan fingerprint density at radius 2 is 1.95 bits per heavy atom. The van der Waals surface area contributed by atoms with Crippen molar-refractivity contribution in [2.45, 2.75) is 25.4 Å². The van der Waals surface area contributed by atoms with E-state index in [1.807, 2.05) is 18.2 Å². The Hall–Kier alpha value is -1.11. The smallest absolute Gasteiger partial charge is 0.229 e. The van der Waals surface area contributed by atoms with E-state index in [2.05, 4.69) is 15.4 Å². The first-order valence-corrected chi connectivity index (χ1v) is 8.43. The zero-order chi connectivity index (χ0) is 13.7. The summed E-state index contributed by atoms with van der Waals surface area (Å²) in [6, 6.07) is 8.00. The van der Waals surface area contributed by atoms with E-state index < -0.39 is 10.0 Å². The summed E-state index contributed by atoms with van der Waals surface area (Å²) in [5.41, 5.74) is 1.64. The third-order valence-corrected chi connectivity index (χ3v) is 3.82. The lowest BCUT2D eigenvalue weighted by molar-refractivity contribution is 0.386. The van der Waals surface area contributed by atoms with Gasteiger partial charge in [0.1, 0.15) is 0 Å². The molecule has 106 valence electrons. The lowest BCUT2D eigenvalue weighted by Gasteiger charge is -2.24. The van der Waals surface area contributed by atoms with Gasteiger partial charge in [-0.2, -0.15) is 0 Å². The maximum atomic E-state index is 11.3. The summed E-state index contributed by atoms with van der Waals surface area (Å²) in [6.45, 7) is 2.77. The highest BCUT2D eigenvalue weighted by Crippen LogP contribution is 2.16. The van der Waals surface area contributed by atoms with Crippen LogP contribution < -0.4 is 15.4 Å². The van der Waals surface area contributed by atoms with Gasteiger partial charge in [0.2, 0.25) is 10.0 Å². The van der Waals surface area contributed by atoms with Gasteiger partial charge in [0, 0.05) is 12.6 Å². The highest BCUT2D eigenvalue weighted by Gasteiger charge is 2.13. The molecule has 1 aromatic carbocycles. The highest BCUT2D eigenvalue weighted by atomic mass is 32.2. The monoisotopic (exact) mass is 283 g/mol. The van der Waals surface area contributed by atoms with Gasteiger partial charge in [-0.25, -0.2) is 8.42 Å². The van der Waals surface area contributed by atoms with Crippen molar-refractivity contribution >= 4 is 15.7 Å². The minimum atomic E-state index is -3.23. The molecule has 3 N–H and O–H groups in total. The fourth-order valence-corrected chi connectivity index (χ4v) is 2.85. The number of nitrogens with one attached hydrogen (secondary N) is 3. The Morgan fingerprint density at radius 1 is 1.26 bits per heavy atom. The highest BCUT2D eigenvalue weighted by molar-refractivity contribution is 7.92. The molecule has 1 heterocycles. The molecule has 0 saturated carbocycles. The van der Waals surface area contributed by atoms with Gasteiger partial charge in [-0.05, 0) is 37.6 Å². The van der Waals surface area contributed by atoms with Gasteiger partial charge in [-0.15, -0.1) is 0 Å². The molecule has 0 amide bonds. The van der Waals surface area contributed by atoms with Crippen molar-refractivity contribution in [1.82, 2.24) is 10.6 Å². The average molecular weight is 283 g/mol. The first kappa shape index (κ1) is 14.3. The van der Waals surface area contributed by atoms with Crippen LogP contribution in [0.25, 0.3) is 0 Å². The molecule has 5 nitrogen and oxygen atoms in total. The van der Waals surface area contributed by atoms with E-state index in [1.165, 1.54) is 6.26 Å². The zero-order valence-electron chi connectivity index (χ0n) is 11.1. The van der Waals surface area contributed by atoms with Gasteiger partial charge in [0.15, 0.2) is 0 Å². The maximum Gasteiger partial charge on any atom is 0.229 e. The van der Waals surface area contributed by atoms with Crippen LogP contribution in [0.4, 0.5) is 5.69 Å². The molecule has 0 aliphatic carbocycles. The third kappa shape index (κ3) is 4.81. The zero-order valence-corrected chi connectivity index (χ0v) is 12.0. The molecular formula is C13H21N3O2S. The normalized spacial score (nSPS) is 17.3. The van der Waals surface area contributed by atoms with Gasteiger partial charge in [-0.3, -0.25) is 4.72 Å². The van der Waals surface area contributed by atoms with E-state index in [-0.39, 0.29) is 0 Å². The molecule has 1 aromatic rings. The number of rotatable bonds is 5. The van der Waals surface area contributed by atoms with Crippen molar-refractivity contribution < 1.29 is 8.42 Å². The van der Waals surface area contributed by atoms with Crippen LogP contribution in [0.3, 0.4) is 0 Å². The van der Waals surface area contributed by atoms with E-state index >= 15 is 0 Å². The van der Waals surface area contributed by atoms with Crippen molar-refractivity contribution in [3.05, 3.63) is 29.8 Å². The van der Waals surface area contributed by atoms with Crippen LogP contribution in [-0.4, -0.2) is 33.8 Å². The SMILES string of the molecule is CS(=O)(=O)Nc1ccccc1CNC1CCNCC1. The summed E-state index contributed by atoms with van der Waals surface area (Å²) in [6.07, 6.45) is 3.40. The fraction of sp³-hybridized carbons (Fsp3) is 0.538. The van der Waals surface area contributed by atoms with Crippen LogP contribution in [0, 0.1) is 0 Å². The molecular weight excluding hydrogens is 262 g/mol. The maximum absolute atomic E-state index is 11.3. The second kappa shape index (κ2) is 6.36. The molecule has 2 rings (SSSR count). The van der Waals surface area contributed by atoms with Gasteiger partial charge in [0.05, 0.1) is 11.9 Å². The largest absolute Gasteiger partial charge is 0.317 e. The molecule has 1 fully saturated rings. The summed E-state index contributed by atoms with van der Waals surface area (Å²) in [7, 11) is -3.23. The molecule has 19 heavy (non-hydrogen) atoms. The van der Waals surface area contributed by atoms with Gasteiger partial charge >= 0.3 is 0 Å². The third-order valence-electron chi connectivity index (χ3n) is 3.23. The van der Waals surface area contributed by atoms with Crippen molar-refractivity contribution in [3.8, 4) is 0 Å². The molecule has 0 unspecified atom stereocenters. The molecule has 0 bridgehead atoms. The second-order valence-electron chi connectivity index (χ2n) is 4.94. The lowest BCUT2D eigenvalue weighted by Crippen LogP contribution is -2.39. The number of para-hydroxylation sites is 1. The summed E-state index contributed by atoms with van der Waals surface area (Å²) in [4.78, 5) is 0. The van der Waals surface area contributed by atoms with Crippen LogP contribution in [0.2, 0.25) is 0 Å². The number of piperidine rings is 1. The van der Waals surface area contributed by atoms with Crippen LogP contribution in [0.15, 0.2) is 24.3 Å². The topological polar surface area (TPSA) is 70.2 Å². The molecule has 1 aliphatic heterocycles. The lowest BCUT2D eigenvalue weighted by atomic mass is 10.1. The fourth-order valence-electron chi connectivity index (χ4n) is 2.25. The van der Waals surface area contributed by atoms with Gasteiger partial charge < -0.3 is 10.6 Å². The van der Waals surface area contributed by atoms with Crippen molar-refractivity contribution in [2.24, 2.45) is 0 Å². The van der Waals surface area contributed by atoms with Crippen molar-refractivity contribution in [2.75, 3.05) is 24.1 Å². The minimum absolute atomic E-state index is 0.507. The molecule has 0 aromatic heterocycles. The van der Waals surface area contributed by atoms with E-state index in [4.69, 9.17) is 0 Å². The molecule has 0 radical (unpaired) electrons. The Labute approximate surface area is 114 Å². The number of hydrogen-bond donors (Lipinski definition) is 3. The Morgan fingerprint density at radius 3 is 2.63 bits per heavy atom. The quantitative estimate of drug-likeness (QED) is 0.751. The van der Waals surface area contributed by atoms with Crippen LogP contribution in [0.5, 0.6) is 0 Å². The predicted octanol–water partition coefficient (Wildman–Crippen LogP) is 0.900. The number of sulfonamides is 1. The first-order valence-electron chi connectivity index (χ1n) is 6.54. The van der Waals surface area contributed by atoms with E-state index in [0.29, 0.717) is 18.3 Å². The van der Waals surface area contributed by atoms with E-state index in [0.717, 1.165) is 31.5 Å². The number of benzene rings is 1. The molecule has 1 aliphatic rings. The first-order chi connectivity index (χ1) is 9.04. The molecule has 0 atom stereocenters. The predicted molar refractivity (Wildman–Crippen MR) is 77.6 cm³/mol. The van der Waals surface area contributed by atoms with Crippen molar-refractivity contribution in [3.63, 3.8) is 0 Å². The van der Waals surface area contributed by atoms with E-state index in [1.54, 1.807) is 6.07 Å². The Bertz CT molecular complexity index is 510. The van der Waals surface area contributed by atoms with Crippen molar-refractivity contribution in [1.29, 1.82) is 0 Å². The molecule has 0 spiro atoms. The van der Waals surface area contributed by atoms with Gasteiger partial charge in [0.25, 0.3) is 0 Å². The summed E-state index contributed by atoms with van der Waals surface area (Å²) in [5.74, 6) is 0. The number of hydrogen-bond acceptors (Lipinski definition) is 4. The van der Waals surface area contributed by atoms with Crippen LogP contribution in [0.1, 0.15) is 18.4 Å². The molecule has 6 heteroatoms. The summed E-state index contributed by atoms with van der Waals surface area (Å²) in [5, 5.41) is 6.81. The molecule has 1 saturated heterocycles. The Kier molecular flexibility index (Phi) is 4.79. The minimum Gasteiger partial charge on any atom is -0.317 e. The van der Waals surface area contributed by atoms with Crippen LogP contribution in [-0.2, 0) is 16.6 Å². The second-order valence-corrected chi connectivity index (χ2v) is 6.69. The average Bonchev–Trinajstić information content (AvgIpc) is 2.37. The number of anilines is 1. The summed E-state index contributed by atoms with van der Waals surface area (Å²) >= 11 is 0. The van der Waals surface area contributed by atoms with Gasteiger partial charge in [-0.1, -0.05) is 18.2 Å². The summed E-state index contributed by atoms with van der Waals surface area (Å²) < 4.78 is 25.2. The Balaban J connectivity index is 1.99.